The fraction of sp³-hybridized carbons (Fsp3) is 0.933. The van der Waals surface area contributed by atoms with Gasteiger partial charge in [-0.2, -0.15) is 0 Å². The third-order valence-corrected chi connectivity index (χ3v) is 4.76. The second-order valence-electron chi connectivity index (χ2n) is 6.23. The summed E-state index contributed by atoms with van der Waals surface area (Å²) < 4.78 is 0. The molecule has 19 heavy (non-hydrogen) atoms. The molecule has 2 aliphatic rings. The van der Waals surface area contributed by atoms with E-state index in [1.54, 1.807) is 0 Å². The van der Waals surface area contributed by atoms with Crippen LogP contribution in [-0.4, -0.2) is 48.7 Å². The van der Waals surface area contributed by atoms with Crippen molar-refractivity contribution >= 4 is 5.91 Å². The summed E-state index contributed by atoms with van der Waals surface area (Å²) in [6.45, 7) is 6.04. The van der Waals surface area contributed by atoms with Gasteiger partial charge in [0.15, 0.2) is 0 Å². The SMILES string of the molecule is CCCC1(C(=O)N2CCC(CCO)C2)CCCNC1. The van der Waals surface area contributed by atoms with Crippen molar-refractivity contribution in [3.05, 3.63) is 0 Å². The van der Waals surface area contributed by atoms with Crippen LogP contribution in [0.15, 0.2) is 0 Å². The average Bonchev–Trinajstić information content (AvgIpc) is 2.88. The lowest BCUT2D eigenvalue weighted by atomic mass is 9.75. The Morgan fingerprint density at radius 1 is 1.53 bits per heavy atom. The van der Waals surface area contributed by atoms with Crippen LogP contribution in [0, 0.1) is 11.3 Å². The van der Waals surface area contributed by atoms with Crippen LogP contribution in [0.25, 0.3) is 0 Å². The predicted molar refractivity (Wildman–Crippen MR) is 75.8 cm³/mol. The molecule has 2 atom stereocenters. The van der Waals surface area contributed by atoms with Gasteiger partial charge in [0.2, 0.25) is 5.91 Å². The highest BCUT2D eigenvalue weighted by molar-refractivity contribution is 5.83. The number of carbonyl (C=O) groups is 1. The minimum atomic E-state index is -0.152. The van der Waals surface area contributed by atoms with E-state index in [1.165, 1.54) is 0 Å². The Kier molecular flexibility index (Phi) is 5.22. The van der Waals surface area contributed by atoms with Crippen molar-refractivity contribution in [2.75, 3.05) is 32.8 Å². The Balaban J connectivity index is 1.99. The van der Waals surface area contributed by atoms with Crippen molar-refractivity contribution in [2.24, 2.45) is 11.3 Å². The molecule has 1 amide bonds. The third kappa shape index (κ3) is 3.29. The van der Waals surface area contributed by atoms with Crippen LogP contribution < -0.4 is 5.32 Å². The van der Waals surface area contributed by atoms with E-state index in [9.17, 15) is 4.79 Å². The first-order valence-electron chi connectivity index (χ1n) is 7.83. The smallest absolute Gasteiger partial charge is 0.230 e. The van der Waals surface area contributed by atoms with Gasteiger partial charge < -0.3 is 15.3 Å². The van der Waals surface area contributed by atoms with E-state index in [4.69, 9.17) is 5.11 Å². The first-order chi connectivity index (χ1) is 9.22. The first-order valence-corrected chi connectivity index (χ1v) is 7.83. The minimum Gasteiger partial charge on any atom is -0.396 e. The van der Waals surface area contributed by atoms with Gasteiger partial charge in [-0.15, -0.1) is 0 Å². The molecule has 2 fully saturated rings. The number of likely N-dealkylation sites (tertiary alicyclic amines) is 1. The summed E-state index contributed by atoms with van der Waals surface area (Å²) in [4.78, 5) is 14.9. The van der Waals surface area contributed by atoms with Gasteiger partial charge in [-0.05, 0) is 44.6 Å². The Hall–Kier alpha value is -0.610. The third-order valence-electron chi connectivity index (χ3n) is 4.76. The number of aliphatic hydroxyl groups excluding tert-OH is 1. The van der Waals surface area contributed by atoms with E-state index in [0.29, 0.717) is 11.8 Å². The highest BCUT2D eigenvalue weighted by Gasteiger charge is 2.42. The van der Waals surface area contributed by atoms with Crippen molar-refractivity contribution < 1.29 is 9.90 Å². The predicted octanol–water partition coefficient (Wildman–Crippen LogP) is 1.39. The molecule has 2 heterocycles. The molecular formula is C15H28N2O2. The second kappa shape index (κ2) is 6.71. The topological polar surface area (TPSA) is 52.6 Å². The summed E-state index contributed by atoms with van der Waals surface area (Å²) in [6, 6.07) is 0. The molecule has 0 spiro atoms. The van der Waals surface area contributed by atoms with E-state index in [0.717, 1.165) is 64.7 Å². The lowest BCUT2D eigenvalue weighted by Crippen LogP contribution is -2.51. The normalized spacial score (nSPS) is 31.7. The van der Waals surface area contributed by atoms with Crippen LogP contribution in [0.5, 0.6) is 0 Å². The molecule has 0 radical (unpaired) electrons. The number of amides is 1. The molecule has 2 unspecified atom stereocenters. The largest absolute Gasteiger partial charge is 0.396 e. The lowest BCUT2D eigenvalue weighted by molar-refractivity contribution is -0.143. The molecule has 2 N–H and O–H groups in total. The van der Waals surface area contributed by atoms with Gasteiger partial charge in [-0.1, -0.05) is 13.3 Å². The Morgan fingerprint density at radius 2 is 2.37 bits per heavy atom. The summed E-state index contributed by atoms with van der Waals surface area (Å²) in [5.74, 6) is 0.867. The van der Waals surface area contributed by atoms with Crippen molar-refractivity contribution in [3.63, 3.8) is 0 Å². The maximum absolute atomic E-state index is 12.9. The van der Waals surface area contributed by atoms with Crippen LogP contribution in [-0.2, 0) is 4.79 Å². The maximum atomic E-state index is 12.9. The number of aliphatic hydroxyl groups is 1. The average molecular weight is 268 g/mol. The number of carbonyl (C=O) groups excluding carboxylic acids is 1. The number of piperidine rings is 1. The van der Waals surface area contributed by atoms with Crippen LogP contribution in [0.1, 0.15) is 45.4 Å². The number of nitrogens with zero attached hydrogens (tertiary/aromatic N) is 1. The first kappa shape index (κ1) is 14.8. The second-order valence-corrected chi connectivity index (χ2v) is 6.23. The fourth-order valence-corrected chi connectivity index (χ4v) is 3.72. The molecule has 4 nitrogen and oxygen atoms in total. The molecule has 2 rings (SSSR count). The van der Waals surface area contributed by atoms with Gasteiger partial charge in [-0.25, -0.2) is 0 Å². The molecule has 0 aromatic rings. The number of rotatable bonds is 5. The van der Waals surface area contributed by atoms with E-state index in [1.807, 2.05) is 0 Å². The van der Waals surface area contributed by atoms with E-state index in [-0.39, 0.29) is 12.0 Å². The lowest BCUT2D eigenvalue weighted by Gasteiger charge is -2.39. The van der Waals surface area contributed by atoms with Gasteiger partial charge in [0.25, 0.3) is 0 Å². The summed E-state index contributed by atoms with van der Waals surface area (Å²) in [7, 11) is 0. The number of hydrogen-bond acceptors (Lipinski definition) is 3. The summed E-state index contributed by atoms with van der Waals surface area (Å²) in [6.07, 6.45) is 6.11. The summed E-state index contributed by atoms with van der Waals surface area (Å²) in [5.41, 5.74) is -0.152. The van der Waals surface area contributed by atoms with Gasteiger partial charge in [0, 0.05) is 26.2 Å². The monoisotopic (exact) mass is 268 g/mol. The van der Waals surface area contributed by atoms with Crippen LogP contribution in [0.4, 0.5) is 0 Å². The standard InChI is InChI=1S/C15H28N2O2/c1-2-6-15(7-3-8-16-12-15)14(19)17-9-4-13(11-17)5-10-18/h13,16,18H,2-12H2,1H3. The molecule has 0 saturated carbocycles. The van der Waals surface area contributed by atoms with Crippen molar-refractivity contribution in [2.45, 2.75) is 45.4 Å². The molecule has 2 saturated heterocycles. The van der Waals surface area contributed by atoms with E-state index >= 15 is 0 Å². The van der Waals surface area contributed by atoms with Crippen molar-refractivity contribution in [1.29, 1.82) is 0 Å². The van der Waals surface area contributed by atoms with Crippen LogP contribution in [0.3, 0.4) is 0 Å². The van der Waals surface area contributed by atoms with Gasteiger partial charge >= 0.3 is 0 Å². The molecule has 0 bridgehead atoms. The minimum absolute atomic E-state index is 0.152. The van der Waals surface area contributed by atoms with Crippen molar-refractivity contribution in [3.8, 4) is 0 Å². The zero-order chi connectivity index (χ0) is 13.7. The van der Waals surface area contributed by atoms with E-state index in [2.05, 4.69) is 17.1 Å². The number of nitrogens with one attached hydrogen (secondary N) is 1. The Bertz CT molecular complexity index is 295. The fourth-order valence-electron chi connectivity index (χ4n) is 3.72. The molecule has 0 aromatic carbocycles. The van der Waals surface area contributed by atoms with Crippen molar-refractivity contribution in [1.82, 2.24) is 10.2 Å². The summed E-state index contributed by atoms with van der Waals surface area (Å²) in [5, 5.41) is 12.4. The number of hydrogen-bond donors (Lipinski definition) is 2. The molecule has 2 aliphatic heterocycles. The quantitative estimate of drug-likeness (QED) is 0.792. The zero-order valence-electron chi connectivity index (χ0n) is 12.2. The van der Waals surface area contributed by atoms with Crippen LogP contribution >= 0.6 is 0 Å². The Labute approximate surface area is 116 Å². The highest BCUT2D eigenvalue weighted by Crippen LogP contribution is 2.35. The molecule has 4 heteroatoms. The summed E-state index contributed by atoms with van der Waals surface area (Å²) >= 11 is 0. The molecule has 0 aromatic heterocycles. The highest BCUT2D eigenvalue weighted by atomic mass is 16.3. The molecule has 110 valence electrons. The van der Waals surface area contributed by atoms with Gasteiger partial charge in [0.05, 0.1) is 5.41 Å². The maximum Gasteiger partial charge on any atom is 0.230 e. The Morgan fingerprint density at radius 3 is 3.00 bits per heavy atom. The van der Waals surface area contributed by atoms with E-state index < -0.39 is 0 Å². The molecular weight excluding hydrogens is 240 g/mol. The van der Waals surface area contributed by atoms with Gasteiger partial charge in [0.1, 0.15) is 0 Å². The van der Waals surface area contributed by atoms with Crippen LogP contribution in [0.2, 0.25) is 0 Å². The zero-order valence-corrected chi connectivity index (χ0v) is 12.2. The van der Waals surface area contributed by atoms with Gasteiger partial charge in [-0.3, -0.25) is 4.79 Å². The molecule has 0 aliphatic carbocycles.